The molecule has 4 rings (SSSR count). The van der Waals surface area contributed by atoms with E-state index in [9.17, 15) is 13.5 Å². The summed E-state index contributed by atoms with van der Waals surface area (Å²) in [7, 11) is -3.42. The molecule has 0 aliphatic carbocycles. The van der Waals surface area contributed by atoms with Crippen molar-refractivity contribution >= 4 is 15.7 Å². The molecule has 2 N–H and O–H groups in total. The Balaban J connectivity index is 1.65. The number of aliphatic hydroxyl groups is 1. The summed E-state index contributed by atoms with van der Waals surface area (Å²) in [4.78, 5) is 16.2. The summed E-state index contributed by atoms with van der Waals surface area (Å²) in [5.41, 5.74) is 1.95. The molecule has 3 aromatic rings. The Hall–Kier alpha value is -3.44. The second kappa shape index (κ2) is 9.20. The van der Waals surface area contributed by atoms with Crippen LogP contribution in [0.25, 0.3) is 11.4 Å². The van der Waals surface area contributed by atoms with Crippen LogP contribution < -0.4 is 9.47 Å². The first-order valence-corrected chi connectivity index (χ1v) is 12.1. The smallest absolute Gasteiger partial charge is 0.233 e. The maximum atomic E-state index is 11.6. The number of aromatic amines is 1. The average molecular weight is 473 g/mol. The van der Waals surface area contributed by atoms with Gasteiger partial charge in [-0.15, -0.1) is 0 Å². The lowest BCUT2D eigenvalue weighted by Crippen LogP contribution is -2.16. The first kappa shape index (κ1) is 22.7. The van der Waals surface area contributed by atoms with Crippen LogP contribution in [0.4, 0.5) is 0 Å². The van der Waals surface area contributed by atoms with Crippen LogP contribution in [0, 0.1) is 0 Å². The quantitative estimate of drug-likeness (QED) is 0.511. The van der Waals surface area contributed by atoms with Crippen LogP contribution in [0.1, 0.15) is 19.5 Å². The number of nitrogens with one attached hydrogen (secondary N) is 1. The molecule has 0 bridgehead atoms. The molecule has 0 saturated heterocycles. The second-order valence-corrected chi connectivity index (χ2v) is 9.69. The summed E-state index contributed by atoms with van der Waals surface area (Å²) in [6, 6.07) is 9.96. The van der Waals surface area contributed by atoms with Gasteiger partial charge in [0.2, 0.25) is 11.8 Å². The minimum atomic E-state index is -3.42. The van der Waals surface area contributed by atoms with Crippen LogP contribution in [0.3, 0.4) is 0 Å². The third-order valence-electron chi connectivity index (χ3n) is 4.67. The number of aliphatic hydroxyl groups excluding tert-OH is 1. The van der Waals surface area contributed by atoms with E-state index in [4.69, 9.17) is 14.2 Å². The number of aliphatic imine (C=N–C) groups is 1. The van der Waals surface area contributed by atoms with Gasteiger partial charge in [0.05, 0.1) is 30.2 Å². The zero-order chi connectivity index (χ0) is 23.6. The summed E-state index contributed by atoms with van der Waals surface area (Å²) in [5, 5.41) is 9.31. The lowest BCUT2D eigenvalue weighted by atomic mass is 10.2. The molecule has 4 heterocycles. The Labute approximate surface area is 191 Å². The summed E-state index contributed by atoms with van der Waals surface area (Å²) < 4.78 is 40.4. The number of aromatic nitrogens is 3. The topological polar surface area (TPSA) is 136 Å². The van der Waals surface area contributed by atoms with Gasteiger partial charge >= 0.3 is 0 Å². The molecule has 0 aromatic carbocycles. The minimum Gasteiger partial charge on any atom is -0.488 e. The van der Waals surface area contributed by atoms with Gasteiger partial charge in [0.1, 0.15) is 29.9 Å². The Morgan fingerprint density at radius 2 is 2.00 bits per heavy atom. The average Bonchev–Trinajstić information content (AvgIpc) is 3.42. The van der Waals surface area contributed by atoms with Gasteiger partial charge in [0.15, 0.2) is 14.9 Å². The number of H-pyrrole nitrogens is 1. The number of hydrogen-bond donors (Lipinski definition) is 2. The van der Waals surface area contributed by atoms with Gasteiger partial charge in [0, 0.05) is 18.4 Å². The summed E-state index contributed by atoms with van der Waals surface area (Å²) in [6.07, 6.45) is 1.96. The Morgan fingerprint density at radius 1 is 1.21 bits per heavy atom. The highest BCUT2D eigenvalue weighted by Crippen LogP contribution is 2.30. The molecule has 1 aliphatic heterocycles. The summed E-state index contributed by atoms with van der Waals surface area (Å²) in [6.45, 7) is 4.08. The zero-order valence-corrected chi connectivity index (χ0v) is 19.2. The van der Waals surface area contributed by atoms with Crippen LogP contribution in [0.2, 0.25) is 0 Å². The molecule has 0 radical (unpaired) electrons. The predicted octanol–water partition coefficient (Wildman–Crippen LogP) is 2.59. The molecule has 0 spiro atoms. The molecule has 2 atom stereocenters. The van der Waals surface area contributed by atoms with E-state index in [0.717, 1.165) is 11.9 Å². The summed E-state index contributed by atoms with van der Waals surface area (Å²) >= 11 is 0. The number of ether oxygens (including phenoxy) is 3. The Bertz CT molecular complexity index is 1270. The van der Waals surface area contributed by atoms with Crippen molar-refractivity contribution in [1.29, 1.82) is 0 Å². The fourth-order valence-electron chi connectivity index (χ4n) is 3.07. The van der Waals surface area contributed by atoms with Gasteiger partial charge in [-0.1, -0.05) is 0 Å². The van der Waals surface area contributed by atoms with Crippen molar-refractivity contribution in [2.24, 2.45) is 4.99 Å². The van der Waals surface area contributed by atoms with Crippen molar-refractivity contribution < 1.29 is 27.7 Å². The highest BCUT2D eigenvalue weighted by molar-refractivity contribution is 7.90. The molecule has 0 amide bonds. The maximum Gasteiger partial charge on any atom is 0.233 e. The van der Waals surface area contributed by atoms with Gasteiger partial charge in [0.25, 0.3) is 0 Å². The zero-order valence-electron chi connectivity index (χ0n) is 18.3. The lowest BCUT2D eigenvalue weighted by Gasteiger charge is -2.14. The third kappa shape index (κ3) is 5.49. The molecule has 3 aromatic heterocycles. The highest BCUT2D eigenvalue weighted by atomic mass is 32.2. The van der Waals surface area contributed by atoms with E-state index in [1.807, 2.05) is 19.1 Å². The molecule has 1 aliphatic rings. The molecule has 0 fully saturated rings. The largest absolute Gasteiger partial charge is 0.488 e. The van der Waals surface area contributed by atoms with E-state index in [1.165, 1.54) is 18.3 Å². The molecule has 174 valence electrons. The predicted molar refractivity (Wildman–Crippen MR) is 121 cm³/mol. The van der Waals surface area contributed by atoms with Gasteiger partial charge in [-0.2, -0.15) is 0 Å². The third-order valence-corrected chi connectivity index (χ3v) is 5.67. The van der Waals surface area contributed by atoms with E-state index in [2.05, 4.69) is 19.9 Å². The second-order valence-electron chi connectivity index (χ2n) is 7.72. The summed E-state index contributed by atoms with van der Waals surface area (Å²) in [5.74, 6) is 1.50. The van der Waals surface area contributed by atoms with E-state index >= 15 is 0 Å². The van der Waals surface area contributed by atoms with E-state index in [0.29, 0.717) is 35.4 Å². The van der Waals surface area contributed by atoms with Crippen molar-refractivity contribution in [3.05, 3.63) is 48.3 Å². The molecule has 0 unspecified atom stereocenters. The van der Waals surface area contributed by atoms with E-state index < -0.39 is 15.9 Å². The SMILES string of the molecule is C[C@@H]1COC(c2ccc(-c3cc(O[C@@H](C)CO)cc(Oc4ccc(S(C)(=O)=O)nc4)n3)[nH]2)=N1. The highest BCUT2D eigenvalue weighted by Gasteiger charge is 2.19. The monoisotopic (exact) mass is 472 g/mol. The molecule has 0 saturated carbocycles. The van der Waals surface area contributed by atoms with Gasteiger partial charge in [-0.05, 0) is 38.1 Å². The van der Waals surface area contributed by atoms with Gasteiger partial charge < -0.3 is 24.3 Å². The molecule has 11 heteroatoms. The maximum absolute atomic E-state index is 11.6. The van der Waals surface area contributed by atoms with Crippen molar-refractivity contribution in [3.8, 4) is 28.8 Å². The number of hydrogen-bond acceptors (Lipinski definition) is 9. The lowest BCUT2D eigenvalue weighted by molar-refractivity contribution is 0.129. The van der Waals surface area contributed by atoms with Gasteiger partial charge in [-0.25, -0.2) is 23.4 Å². The number of sulfone groups is 1. The first-order valence-electron chi connectivity index (χ1n) is 10.2. The number of nitrogens with zero attached hydrogens (tertiary/aromatic N) is 3. The van der Waals surface area contributed by atoms with Crippen molar-refractivity contribution in [3.63, 3.8) is 0 Å². The van der Waals surface area contributed by atoms with E-state index in [1.54, 1.807) is 19.1 Å². The van der Waals surface area contributed by atoms with E-state index in [-0.39, 0.29) is 23.6 Å². The minimum absolute atomic E-state index is 0.0531. The van der Waals surface area contributed by atoms with Crippen LogP contribution >= 0.6 is 0 Å². The van der Waals surface area contributed by atoms with Crippen molar-refractivity contribution in [2.75, 3.05) is 19.5 Å². The van der Waals surface area contributed by atoms with Crippen molar-refractivity contribution in [1.82, 2.24) is 15.0 Å². The molecular formula is C22H24N4O6S. The van der Waals surface area contributed by atoms with Crippen LogP contribution in [-0.4, -0.2) is 66.0 Å². The molecular weight excluding hydrogens is 448 g/mol. The fraction of sp³-hybridized carbons (Fsp3) is 0.318. The number of rotatable bonds is 8. The Kier molecular flexibility index (Phi) is 6.34. The van der Waals surface area contributed by atoms with Crippen LogP contribution in [0.15, 0.2) is 52.6 Å². The number of pyridine rings is 2. The normalized spacial score (nSPS) is 16.7. The molecule has 33 heavy (non-hydrogen) atoms. The first-order chi connectivity index (χ1) is 15.7. The molecule has 10 nitrogen and oxygen atoms in total. The van der Waals surface area contributed by atoms with Crippen LogP contribution in [-0.2, 0) is 14.6 Å². The van der Waals surface area contributed by atoms with Crippen molar-refractivity contribution in [2.45, 2.75) is 31.0 Å². The van der Waals surface area contributed by atoms with Gasteiger partial charge in [-0.3, -0.25) is 0 Å². The standard InChI is InChI=1S/C22H24N4O6S/c1-13-12-30-22(24-13)18-6-5-17(25-18)19-8-16(31-14(2)11-27)9-20(26-19)32-15-4-7-21(23-10-15)33(3,28)29/h4-10,13-14,25,27H,11-12H2,1-3H3/t13-,14+/m1/s1. The van der Waals surface area contributed by atoms with Crippen LogP contribution in [0.5, 0.6) is 17.4 Å². The fourth-order valence-corrected chi connectivity index (χ4v) is 3.63. The Morgan fingerprint density at radius 3 is 2.64 bits per heavy atom.